The van der Waals surface area contributed by atoms with Crippen molar-refractivity contribution in [2.45, 2.75) is 58.8 Å². The summed E-state index contributed by atoms with van der Waals surface area (Å²) in [6.45, 7) is 0. The lowest BCUT2D eigenvalue weighted by molar-refractivity contribution is -0.138. The van der Waals surface area contributed by atoms with Crippen molar-refractivity contribution >= 4 is 11.9 Å². The molecule has 0 unspecified atom stereocenters. The normalized spacial score (nSPS) is 9.33. The Labute approximate surface area is 91.3 Å². The van der Waals surface area contributed by atoms with Gasteiger partial charge in [0.25, 0.3) is 0 Å². The van der Waals surface area contributed by atoms with Gasteiger partial charge in [0.15, 0.2) is 0 Å². The summed E-state index contributed by atoms with van der Waals surface area (Å²) in [6.07, 6.45) is 5.82. The molecule has 90 valence electrons. The number of carbonyl (C=O) groups is 2. The minimum Gasteiger partial charge on any atom is -0.481 e. The molecular formula is C11H22O4. The van der Waals surface area contributed by atoms with Crippen LogP contribution < -0.4 is 0 Å². The number of hydrogen-bond donors (Lipinski definition) is 2. The van der Waals surface area contributed by atoms with Gasteiger partial charge in [0.1, 0.15) is 0 Å². The highest BCUT2D eigenvalue weighted by Crippen LogP contribution is 2.08. The van der Waals surface area contributed by atoms with Gasteiger partial charge in [-0.05, 0) is 12.8 Å². The quantitative estimate of drug-likeness (QED) is 0.583. The second kappa shape index (κ2) is 11.0. The monoisotopic (exact) mass is 218 g/mol. The van der Waals surface area contributed by atoms with Crippen molar-refractivity contribution in [1.29, 1.82) is 0 Å². The Bertz CT molecular complexity index is 157. The molecule has 0 spiro atoms. The molecule has 0 bridgehead atoms. The maximum atomic E-state index is 10.1. The zero-order valence-corrected chi connectivity index (χ0v) is 8.37. The van der Waals surface area contributed by atoms with Crippen LogP contribution in [0, 0.1) is 0 Å². The predicted octanol–water partition coefficient (Wildman–Crippen LogP) is 2.91. The van der Waals surface area contributed by atoms with Crippen molar-refractivity contribution in [3.05, 3.63) is 0 Å². The smallest absolute Gasteiger partial charge is 0.303 e. The molecular weight excluding hydrogens is 196 g/mol. The maximum absolute atomic E-state index is 10.1. The van der Waals surface area contributed by atoms with E-state index in [9.17, 15) is 9.59 Å². The fourth-order valence-electron chi connectivity index (χ4n) is 1.26. The van der Waals surface area contributed by atoms with E-state index in [0.29, 0.717) is 0 Å². The SMILES string of the molecule is C.O=C(O)CCCCCCCCC(=O)O. The highest BCUT2D eigenvalue weighted by atomic mass is 16.4. The number of rotatable bonds is 9. The van der Waals surface area contributed by atoms with Crippen molar-refractivity contribution in [2.75, 3.05) is 0 Å². The molecule has 0 aliphatic heterocycles. The maximum Gasteiger partial charge on any atom is 0.303 e. The first-order chi connectivity index (χ1) is 6.63. The Kier molecular flexibility index (Phi) is 12.0. The van der Waals surface area contributed by atoms with Crippen molar-refractivity contribution in [3.8, 4) is 0 Å². The summed E-state index contributed by atoms with van der Waals surface area (Å²) in [4.78, 5) is 20.3. The van der Waals surface area contributed by atoms with Gasteiger partial charge < -0.3 is 10.2 Å². The molecule has 0 aliphatic rings. The topological polar surface area (TPSA) is 74.6 Å². The summed E-state index contributed by atoms with van der Waals surface area (Å²) in [6, 6.07) is 0. The molecule has 0 aromatic rings. The molecule has 0 fully saturated rings. The van der Waals surface area contributed by atoms with Crippen LogP contribution in [0.1, 0.15) is 58.8 Å². The van der Waals surface area contributed by atoms with Gasteiger partial charge in [-0.15, -0.1) is 0 Å². The molecule has 0 saturated heterocycles. The first-order valence-corrected chi connectivity index (χ1v) is 5.06. The molecule has 0 atom stereocenters. The minimum atomic E-state index is -0.740. The summed E-state index contributed by atoms with van der Waals surface area (Å²) in [5.74, 6) is -1.48. The third kappa shape index (κ3) is 15.7. The first kappa shape index (κ1) is 16.4. The van der Waals surface area contributed by atoms with Gasteiger partial charge in [-0.1, -0.05) is 33.1 Å². The average molecular weight is 218 g/mol. The van der Waals surface area contributed by atoms with E-state index in [1.807, 2.05) is 0 Å². The number of carboxylic acids is 2. The van der Waals surface area contributed by atoms with E-state index in [0.717, 1.165) is 38.5 Å². The highest BCUT2D eigenvalue weighted by Gasteiger charge is 1.98. The molecule has 0 rings (SSSR count). The fourth-order valence-corrected chi connectivity index (χ4v) is 1.26. The first-order valence-electron chi connectivity index (χ1n) is 5.06. The summed E-state index contributed by atoms with van der Waals surface area (Å²) in [7, 11) is 0. The average Bonchev–Trinajstić information content (AvgIpc) is 2.08. The predicted molar refractivity (Wildman–Crippen MR) is 58.9 cm³/mol. The molecule has 0 aliphatic carbocycles. The van der Waals surface area contributed by atoms with Crippen LogP contribution in [0.25, 0.3) is 0 Å². The van der Waals surface area contributed by atoms with Crippen LogP contribution in [-0.2, 0) is 9.59 Å². The van der Waals surface area contributed by atoms with Crippen LogP contribution in [0.5, 0.6) is 0 Å². The van der Waals surface area contributed by atoms with Crippen LogP contribution in [0.2, 0.25) is 0 Å². The summed E-state index contributed by atoms with van der Waals surface area (Å²) in [5.41, 5.74) is 0. The van der Waals surface area contributed by atoms with Gasteiger partial charge in [-0.2, -0.15) is 0 Å². The van der Waals surface area contributed by atoms with E-state index >= 15 is 0 Å². The molecule has 4 nitrogen and oxygen atoms in total. The Morgan fingerprint density at radius 2 is 0.933 bits per heavy atom. The van der Waals surface area contributed by atoms with E-state index in [4.69, 9.17) is 10.2 Å². The van der Waals surface area contributed by atoms with Crippen LogP contribution in [-0.4, -0.2) is 22.2 Å². The molecule has 2 N–H and O–H groups in total. The van der Waals surface area contributed by atoms with Gasteiger partial charge in [0.2, 0.25) is 0 Å². The van der Waals surface area contributed by atoms with Gasteiger partial charge >= 0.3 is 11.9 Å². The van der Waals surface area contributed by atoms with Gasteiger partial charge in [-0.25, -0.2) is 0 Å². The van der Waals surface area contributed by atoms with E-state index in [1.165, 1.54) is 0 Å². The van der Waals surface area contributed by atoms with E-state index < -0.39 is 11.9 Å². The Hall–Kier alpha value is -1.06. The second-order valence-corrected chi connectivity index (χ2v) is 3.41. The van der Waals surface area contributed by atoms with Crippen LogP contribution in [0.4, 0.5) is 0 Å². The highest BCUT2D eigenvalue weighted by molar-refractivity contribution is 5.66. The Balaban J connectivity index is 0. The van der Waals surface area contributed by atoms with Gasteiger partial charge in [0.05, 0.1) is 0 Å². The molecule has 0 aromatic carbocycles. The fraction of sp³-hybridized carbons (Fsp3) is 0.818. The number of carboxylic acid groups (broad SMARTS) is 2. The van der Waals surface area contributed by atoms with Crippen molar-refractivity contribution < 1.29 is 19.8 Å². The third-order valence-corrected chi connectivity index (χ3v) is 2.03. The van der Waals surface area contributed by atoms with E-state index in [1.54, 1.807) is 0 Å². The van der Waals surface area contributed by atoms with Crippen LogP contribution in [0.3, 0.4) is 0 Å². The van der Waals surface area contributed by atoms with Crippen LogP contribution >= 0.6 is 0 Å². The third-order valence-electron chi connectivity index (χ3n) is 2.03. The Morgan fingerprint density at radius 3 is 1.20 bits per heavy atom. The molecule has 0 aromatic heterocycles. The standard InChI is InChI=1S/C10H18O4.CH4/c11-9(12)7-5-3-1-2-4-6-8-10(13)14;/h1-8H2,(H,11,12)(H,13,14);1H4. The molecule has 0 saturated carbocycles. The summed E-state index contributed by atoms with van der Waals surface area (Å²) >= 11 is 0. The van der Waals surface area contributed by atoms with Crippen molar-refractivity contribution in [3.63, 3.8) is 0 Å². The van der Waals surface area contributed by atoms with E-state index in [2.05, 4.69) is 0 Å². The number of hydrogen-bond acceptors (Lipinski definition) is 2. The zero-order valence-electron chi connectivity index (χ0n) is 8.37. The van der Waals surface area contributed by atoms with Crippen LogP contribution in [0.15, 0.2) is 0 Å². The van der Waals surface area contributed by atoms with E-state index in [-0.39, 0.29) is 20.3 Å². The lowest BCUT2D eigenvalue weighted by Crippen LogP contribution is -1.94. The molecule has 0 amide bonds. The molecule has 15 heavy (non-hydrogen) atoms. The molecule has 0 radical (unpaired) electrons. The lowest BCUT2D eigenvalue weighted by atomic mass is 10.1. The molecule has 0 heterocycles. The van der Waals surface area contributed by atoms with Gasteiger partial charge in [-0.3, -0.25) is 9.59 Å². The lowest BCUT2D eigenvalue weighted by Gasteiger charge is -1.98. The van der Waals surface area contributed by atoms with Crippen molar-refractivity contribution in [1.82, 2.24) is 0 Å². The summed E-state index contributed by atoms with van der Waals surface area (Å²) < 4.78 is 0. The molecule has 4 heteroatoms. The zero-order chi connectivity index (χ0) is 10.8. The number of unbranched alkanes of at least 4 members (excludes halogenated alkanes) is 5. The second-order valence-electron chi connectivity index (χ2n) is 3.41. The van der Waals surface area contributed by atoms with Crippen molar-refractivity contribution in [2.24, 2.45) is 0 Å². The minimum absolute atomic E-state index is 0. The number of aliphatic carboxylic acids is 2. The Morgan fingerprint density at radius 1 is 0.667 bits per heavy atom. The largest absolute Gasteiger partial charge is 0.481 e. The summed E-state index contributed by atoms with van der Waals surface area (Å²) in [5, 5.41) is 16.7. The van der Waals surface area contributed by atoms with Gasteiger partial charge in [0, 0.05) is 12.8 Å².